The molecule has 0 aromatic heterocycles. The van der Waals surface area contributed by atoms with E-state index in [2.05, 4.69) is 6.58 Å². The van der Waals surface area contributed by atoms with Gasteiger partial charge in [-0.25, -0.2) is 4.79 Å². The summed E-state index contributed by atoms with van der Waals surface area (Å²) < 4.78 is 5.55. The van der Waals surface area contributed by atoms with Gasteiger partial charge < -0.3 is 14.7 Å². The number of benzene rings is 1. The fraction of sp³-hybridized carbons (Fsp3) is 0.545. The third-order valence-electron chi connectivity index (χ3n) is 5.04. The van der Waals surface area contributed by atoms with E-state index in [9.17, 15) is 14.7 Å². The predicted octanol–water partition coefficient (Wildman–Crippen LogP) is 4.10. The topological polar surface area (TPSA) is 66.8 Å². The van der Waals surface area contributed by atoms with Crippen molar-refractivity contribution < 1.29 is 19.4 Å². The van der Waals surface area contributed by atoms with E-state index in [1.165, 1.54) is 0 Å². The molecule has 0 heterocycles. The third-order valence-corrected chi connectivity index (χ3v) is 5.04. The summed E-state index contributed by atoms with van der Waals surface area (Å²) in [7, 11) is 0. The summed E-state index contributed by atoms with van der Waals surface area (Å²) in [6.45, 7) is 9.96. The summed E-state index contributed by atoms with van der Waals surface area (Å²) in [6, 6.07) is 9.67. The molecule has 0 radical (unpaired) electrons. The number of Topliss-reactive ketones (excluding diaryl/α,β-unsaturated/α-hetero) is 1. The van der Waals surface area contributed by atoms with Crippen molar-refractivity contribution in [2.75, 3.05) is 6.54 Å². The van der Waals surface area contributed by atoms with Gasteiger partial charge in [-0.15, -0.1) is 6.58 Å². The Morgan fingerprint density at radius 1 is 1.37 bits per heavy atom. The molecule has 148 valence electrons. The van der Waals surface area contributed by atoms with Crippen LogP contribution in [0.5, 0.6) is 0 Å². The van der Waals surface area contributed by atoms with Gasteiger partial charge in [0.05, 0.1) is 11.5 Å². The highest BCUT2D eigenvalue weighted by atomic mass is 16.6. The van der Waals surface area contributed by atoms with Gasteiger partial charge in [0.25, 0.3) is 0 Å². The minimum Gasteiger partial charge on any atom is -0.444 e. The molecule has 0 bridgehead atoms. The number of aliphatic hydroxyl groups excluding tert-OH is 1. The summed E-state index contributed by atoms with van der Waals surface area (Å²) in [6.07, 6.45) is 2.23. The molecule has 2 rings (SSSR count). The van der Waals surface area contributed by atoms with Gasteiger partial charge in [-0.1, -0.05) is 36.4 Å². The standard InChI is InChI=1S/C22H31NO4/c1-5-13-22(18(24)11-12-19(22)25)14-15-23(20(26)27-21(2,3)4)16-17-9-7-6-8-10-17/h5-10,18,24H,1,11-16H2,2-4H3/t18-,22+/m0/s1. The van der Waals surface area contributed by atoms with Crippen LogP contribution in [-0.2, 0) is 16.1 Å². The van der Waals surface area contributed by atoms with Crippen molar-refractivity contribution in [1.82, 2.24) is 4.90 Å². The maximum Gasteiger partial charge on any atom is 0.410 e. The second-order valence-electron chi connectivity index (χ2n) is 8.26. The number of rotatable bonds is 7. The molecule has 1 amide bonds. The largest absolute Gasteiger partial charge is 0.444 e. The highest BCUT2D eigenvalue weighted by molar-refractivity contribution is 5.88. The van der Waals surface area contributed by atoms with Crippen LogP contribution < -0.4 is 0 Å². The molecule has 0 spiro atoms. The number of aliphatic hydroxyl groups is 1. The van der Waals surface area contributed by atoms with E-state index >= 15 is 0 Å². The molecule has 27 heavy (non-hydrogen) atoms. The lowest BCUT2D eigenvalue weighted by Crippen LogP contribution is -2.42. The Kier molecular flexibility index (Phi) is 6.82. The Labute approximate surface area is 162 Å². The first-order valence-electron chi connectivity index (χ1n) is 9.52. The van der Waals surface area contributed by atoms with E-state index in [4.69, 9.17) is 4.74 Å². The zero-order valence-corrected chi connectivity index (χ0v) is 16.6. The molecule has 1 aromatic carbocycles. The molecule has 1 fully saturated rings. The van der Waals surface area contributed by atoms with E-state index in [0.29, 0.717) is 38.8 Å². The first-order chi connectivity index (χ1) is 12.7. The van der Waals surface area contributed by atoms with Crippen LogP contribution in [0, 0.1) is 5.41 Å². The van der Waals surface area contributed by atoms with Crippen LogP contribution >= 0.6 is 0 Å². The van der Waals surface area contributed by atoms with E-state index in [-0.39, 0.29) is 5.78 Å². The lowest BCUT2D eigenvalue weighted by atomic mass is 9.76. The Balaban J connectivity index is 2.18. The van der Waals surface area contributed by atoms with Crippen molar-refractivity contribution in [1.29, 1.82) is 0 Å². The molecular formula is C22H31NO4. The fourth-order valence-electron chi connectivity index (χ4n) is 3.59. The molecule has 2 atom stereocenters. The van der Waals surface area contributed by atoms with Gasteiger partial charge in [-0.2, -0.15) is 0 Å². The first kappa shape index (κ1) is 21.2. The number of hydrogen-bond acceptors (Lipinski definition) is 4. The van der Waals surface area contributed by atoms with E-state index in [1.54, 1.807) is 11.0 Å². The summed E-state index contributed by atoms with van der Waals surface area (Å²) in [5.41, 5.74) is -0.467. The summed E-state index contributed by atoms with van der Waals surface area (Å²) in [4.78, 5) is 26.9. The Morgan fingerprint density at radius 2 is 2.04 bits per heavy atom. The Hall–Kier alpha value is -2.14. The number of amides is 1. The second-order valence-corrected chi connectivity index (χ2v) is 8.26. The molecule has 0 saturated heterocycles. The van der Waals surface area contributed by atoms with Crippen LogP contribution in [0.1, 0.15) is 52.0 Å². The van der Waals surface area contributed by atoms with Crippen molar-refractivity contribution in [3.05, 3.63) is 48.6 Å². The van der Waals surface area contributed by atoms with Gasteiger partial charge in [0.1, 0.15) is 11.4 Å². The third kappa shape index (κ3) is 5.42. The number of ketones is 1. The molecule has 0 unspecified atom stereocenters. The molecular weight excluding hydrogens is 342 g/mol. The van der Waals surface area contributed by atoms with Gasteiger partial charge in [0.15, 0.2) is 0 Å². The number of carbonyl (C=O) groups excluding carboxylic acids is 2. The number of allylic oxidation sites excluding steroid dienone is 1. The normalized spacial score (nSPS) is 22.5. The Bertz CT molecular complexity index is 665. The fourth-order valence-corrected chi connectivity index (χ4v) is 3.59. The number of hydrogen-bond donors (Lipinski definition) is 1. The average Bonchev–Trinajstić information content (AvgIpc) is 2.87. The molecule has 1 aliphatic carbocycles. The van der Waals surface area contributed by atoms with Gasteiger partial charge in [0.2, 0.25) is 0 Å². The van der Waals surface area contributed by atoms with Crippen LogP contribution in [0.25, 0.3) is 0 Å². The van der Waals surface area contributed by atoms with Gasteiger partial charge in [0, 0.05) is 19.5 Å². The van der Waals surface area contributed by atoms with Crippen LogP contribution in [0.4, 0.5) is 4.79 Å². The second kappa shape index (κ2) is 8.70. The van der Waals surface area contributed by atoms with Gasteiger partial charge >= 0.3 is 6.09 Å². The van der Waals surface area contributed by atoms with E-state index < -0.39 is 23.2 Å². The van der Waals surface area contributed by atoms with Crippen molar-refractivity contribution >= 4 is 11.9 Å². The van der Waals surface area contributed by atoms with Crippen molar-refractivity contribution in [2.45, 2.75) is 64.7 Å². The van der Waals surface area contributed by atoms with Crippen molar-refractivity contribution in [2.24, 2.45) is 5.41 Å². The van der Waals surface area contributed by atoms with Crippen LogP contribution in [0.3, 0.4) is 0 Å². The summed E-state index contributed by atoms with van der Waals surface area (Å²) in [5, 5.41) is 10.5. The molecule has 1 aliphatic rings. The molecule has 5 heteroatoms. The maximum atomic E-state index is 12.7. The highest BCUT2D eigenvalue weighted by Crippen LogP contribution is 2.42. The molecule has 5 nitrogen and oxygen atoms in total. The molecule has 1 saturated carbocycles. The van der Waals surface area contributed by atoms with E-state index in [0.717, 1.165) is 5.56 Å². The van der Waals surface area contributed by atoms with Crippen molar-refractivity contribution in [3.63, 3.8) is 0 Å². The van der Waals surface area contributed by atoms with Gasteiger partial charge in [-0.05, 0) is 45.6 Å². The minimum absolute atomic E-state index is 0.0544. The molecule has 1 N–H and O–H groups in total. The maximum absolute atomic E-state index is 12.7. The predicted molar refractivity (Wildman–Crippen MR) is 105 cm³/mol. The number of carbonyl (C=O) groups is 2. The highest BCUT2D eigenvalue weighted by Gasteiger charge is 2.48. The van der Waals surface area contributed by atoms with Crippen LogP contribution in [0.2, 0.25) is 0 Å². The molecule has 0 aliphatic heterocycles. The zero-order valence-electron chi connectivity index (χ0n) is 16.6. The SMILES string of the molecule is C=CC[C@]1(CCN(Cc2ccccc2)C(=O)OC(C)(C)C)C(=O)CC[C@@H]1O. The number of ether oxygens (including phenoxy) is 1. The summed E-state index contributed by atoms with van der Waals surface area (Å²) in [5.74, 6) is 0.0544. The van der Waals surface area contributed by atoms with Gasteiger partial charge in [-0.3, -0.25) is 4.79 Å². The van der Waals surface area contributed by atoms with Crippen LogP contribution in [-0.4, -0.2) is 40.1 Å². The Morgan fingerprint density at radius 3 is 2.56 bits per heavy atom. The van der Waals surface area contributed by atoms with Crippen molar-refractivity contribution in [3.8, 4) is 0 Å². The smallest absolute Gasteiger partial charge is 0.410 e. The van der Waals surface area contributed by atoms with Crippen LogP contribution in [0.15, 0.2) is 43.0 Å². The molecule has 1 aromatic rings. The average molecular weight is 373 g/mol. The summed E-state index contributed by atoms with van der Waals surface area (Å²) >= 11 is 0. The lowest BCUT2D eigenvalue weighted by molar-refractivity contribution is -0.129. The zero-order chi connectivity index (χ0) is 20.1. The lowest BCUT2D eigenvalue weighted by Gasteiger charge is -2.34. The minimum atomic E-state index is -0.849. The van der Waals surface area contributed by atoms with E-state index in [1.807, 2.05) is 51.1 Å². The number of nitrogens with zero attached hydrogens (tertiary/aromatic N) is 1. The quantitative estimate of drug-likeness (QED) is 0.731. The first-order valence-corrected chi connectivity index (χ1v) is 9.52. The monoisotopic (exact) mass is 373 g/mol.